The van der Waals surface area contributed by atoms with E-state index in [0.717, 1.165) is 46.3 Å². The molecule has 0 unspecified atom stereocenters. The van der Waals surface area contributed by atoms with Crippen molar-refractivity contribution in [3.8, 4) is 0 Å². The second-order valence-electron chi connectivity index (χ2n) is 9.49. The van der Waals surface area contributed by atoms with Gasteiger partial charge < -0.3 is 10.2 Å². The number of aryl methyl sites for hydroxylation is 1. The number of sulfonamides is 1. The van der Waals surface area contributed by atoms with Crippen LogP contribution in [0.3, 0.4) is 0 Å². The van der Waals surface area contributed by atoms with Crippen LogP contribution in [0.2, 0.25) is 0 Å². The van der Waals surface area contributed by atoms with Crippen LogP contribution in [-0.4, -0.2) is 50.0 Å². The molecule has 38 heavy (non-hydrogen) atoms. The number of nitrogens with one attached hydrogen (secondary N) is 1. The highest BCUT2D eigenvalue weighted by atomic mass is 32.2. The SMILES string of the molecule is CC[C@H](C)NC(=O)[C@@H](C)N(Cc1cccc(C)c1)C(=O)CCCN(c1cccc(C(F)(F)F)c1)S(C)(=O)=O. The van der Waals surface area contributed by atoms with Gasteiger partial charge in [0, 0.05) is 25.6 Å². The van der Waals surface area contributed by atoms with E-state index in [2.05, 4.69) is 5.32 Å². The monoisotopic (exact) mass is 555 g/mol. The first-order valence-corrected chi connectivity index (χ1v) is 14.3. The minimum Gasteiger partial charge on any atom is -0.352 e. The van der Waals surface area contributed by atoms with E-state index < -0.39 is 27.8 Å². The van der Waals surface area contributed by atoms with Crippen LogP contribution in [0.25, 0.3) is 0 Å². The Hall–Kier alpha value is -3.08. The number of nitrogens with zero attached hydrogens (tertiary/aromatic N) is 2. The predicted octanol–water partition coefficient (Wildman–Crippen LogP) is 4.89. The molecule has 2 aromatic carbocycles. The highest BCUT2D eigenvalue weighted by Gasteiger charge is 2.32. The maximum Gasteiger partial charge on any atom is 0.416 e. The van der Waals surface area contributed by atoms with E-state index in [4.69, 9.17) is 0 Å². The molecule has 2 atom stereocenters. The minimum absolute atomic E-state index is 0.0478. The molecule has 7 nitrogen and oxygen atoms in total. The van der Waals surface area contributed by atoms with Gasteiger partial charge >= 0.3 is 6.18 Å². The van der Waals surface area contributed by atoms with E-state index >= 15 is 0 Å². The van der Waals surface area contributed by atoms with Gasteiger partial charge in [0.15, 0.2) is 0 Å². The summed E-state index contributed by atoms with van der Waals surface area (Å²) >= 11 is 0. The third-order valence-corrected chi connectivity index (χ3v) is 7.41. The Kier molecular flexibility index (Phi) is 10.8. The van der Waals surface area contributed by atoms with Gasteiger partial charge in [-0.1, -0.05) is 42.8 Å². The topological polar surface area (TPSA) is 86.8 Å². The summed E-state index contributed by atoms with van der Waals surface area (Å²) < 4.78 is 65.2. The normalized spacial score (nSPS) is 13.5. The molecule has 0 bridgehead atoms. The highest BCUT2D eigenvalue weighted by Crippen LogP contribution is 2.32. The Labute approximate surface area is 223 Å². The minimum atomic E-state index is -4.63. The lowest BCUT2D eigenvalue weighted by atomic mass is 10.1. The molecule has 0 heterocycles. The number of rotatable bonds is 12. The smallest absolute Gasteiger partial charge is 0.352 e. The molecule has 0 fully saturated rings. The van der Waals surface area contributed by atoms with Crippen molar-refractivity contribution < 1.29 is 31.2 Å². The molecule has 0 radical (unpaired) electrons. The Morgan fingerprint density at radius 3 is 2.29 bits per heavy atom. The molecule has 0 aromatic heterocycles. The van der Waals surface area contributed by atoms with Gasteiger partial charge in [-0.3, -0.25) is 13.9 Å². The van der Waals surface area contributed by atoms with Crippen LogP contribution in [-0.2, 0) is 32.3 Å². The number of carbonyl (C=O) groups excluding carboxylic acids is 2. The Morgan fingerprint density at radius 2 is 1.71 bits per heavy atom. The summed E-state index contributed by atoms with van der Waals surface area (Å²) in [6.07, 6.45) is -3.05. The van der Waals surface area contributed by atoms with Gasteiger partial charge in [0.1, 0.15) is 6.04 Å². The van der Waals surface area contributed by atoms with Crippen molar-refractivity contribution in [2.24, 2.45) is 0 Å². The van der Waals surface area contributed by atoms with Crippen LogP contribution >= 0.6 is 0 Å². The summed E-state index contributed by atoms with van der Waals surface area (Å²) in [6.45, 7) is 7.34. The number of amides is 2. The van der Waals surface area contributed by atoms with E-state index in [1.807, 2.05) is 45.0 Å². The second kappa shape index (κ2) is 13.1. The molecule has 0 spiro atoms. The number of anilines is 1. The van der Waals surface area contributed by atoms with Crippen molar-refractivity contribution in [2.75, 3.05) is 17.1 Å². The van der Waals surface area contributed by atoms with Gasteiger partial charge in [-0.05, 0) is 57.4 Å². The molecule has 11 heteroatoms. The summed E-state index contributed by atoms with van der Waals surface area (Å²) in [5.41, 5.74) is 0.734. The summed E-state index contributed by atoms with van der Waals surface area (Å²) in [6, 6.07) is 10.7. The molecule has 0 saturated carbocycles. The van der Waals surface area contributed by atoms with Crippen LogP contribution < -0.4 is 9.62 Å². The molecule has 0 saturated heterocycles. The van der Waals surface area contributed by atoms with E-state index in [0.29, 0.717) is 0 Å². The van der Waals surface area contributed by atoms with Crippen molar-refractivity contribution in [3.63, 3.8) is 0 Å². The average molecular weight is 556 g/mol. The molecule has 2 aromatic rings. The van der Waals surface area contributed by atoms with Gasteiger partial charge in [0.05, 0.1) is 17.5 Å². The zero-order chi connectivity index (χ0) is 28.7. The number of hydrogen-bond donors (Lipinski definition) is 1. The molecule has 2 rings (SSSR count). The Bertz CT molecular complexity index is 1220. The quantitative estimate of drug-likeness (QED) is 0.404. The lowest BCUT2D eigenvalue weighted by molar-refractivity contribution is -0.140. The average Bonchev–Trinajstić information content (AvgIpc) is 2.83. The van der Waals surface area contributed by atoms with Gasteiger partial charge in [-0.15, -0.1) is 0 Å². The van der Waals surface area contributed by atoms with Crippen molar-refractivity contribution in [3.05, 3.63) is 65.2 Å². The predicted molar refractivity (Wildman–Crippen MR) is 142 cm³/mol. The summed E-state index contributed by atoms with van der Waals surface area (Å²) in [5, 5.41) is 2.88. The zero-order valence-corrected chi connectivity index (χ0v) is 23.2. The van der Waals surface area contributed by atoms with Gasteiger partial charge in [0.25, 0.3) is 0 Å². The van der Waals surface area contributed by atoms with E-state index in [1.54, 1.807) is 6.92 Å². The molecule has 210 valence electrons. The number of alkyl halides is 3. The maximum atomic E-state index is 13.3. The summed E-state index contributed by atoms with van der Waals surface area (Å²) in [5.74, 6) is -0.669. The first kappa shape index (κ1) is 31.1. The van der Waals surface area contributed by atoms with Crippen LogP contribution in [0, 0.1) is 6.92 Å². The van der Waals surface area contributed by atoms with Crippen LogP contribution in [0.5, 0.6) is 0 Å². The molecule has 1 N–H and O–H groups in total. The third-order valence-electron chi connectivity index (χ3n) is 6.22. The maximum absolute atomic E-state index is 13.3. The Morgan fingerprint density at radius 1 is 1.05 bits per heavy atom. The van der Waals surface area contributed by atoms with Gasteiger partial charge in [0.2, 0.25) is 21.8 Å². The fourth-order valence-electron chi connectivity index (χ4n) is 3.90. The van der Waals surface area contributed by atoms with Crippen molar-refractivity contribution in [1.29, 1.82) is 0 Å². The summed E-state index contributed by atoms with van der Waals surface area (Å²) in [4.78, 5) is 27.6. The van der Waals surface area contributed by atoms with Gasteiger partial charge in [-0.2, -0.15) is 13.2 Å². The third kappa shape index (κ3) is 9.04. The summed E-state index contributed by atoms with van der Waals surface area (Å²) in [7, 11) is -3.92. The molecular formula is C27H36F3N3O4S. The molecular weight excluding hydrogens is 519 g/mol. The molecule has 0 aliphatic heterocycles. The largest absolute Gasteiger partial charge is 0.416 e. The first-order chi connectivity index (χ1) is 17.6. The number of carbonyl (C=O) groups is 2. The highest BCUT2D eigenvalue weighted by molar-refractivity contribution is 7.92. The standard InChI is InChI=1S/C27H36F3N3O4S/c1-6-20(3)31-26(35)21(4)32(18-22-11-7-10-19(2)16-22)25(34)14-9-15-33(38(5,36)37)24-13-8-12-23(17-24)27(28,29)30/h7-8,10-13,16-17,20-21H,6,9,14-15,18H2,1-5H3,(H,31,35)/t20-,21+/m0/s1. The zero-order valence-electron chi connectivity index (χ0n) is 22.4. The molecule has 0 aliphatic carbocycles. The first-order valence-electron chi connectivity index (χ1n) is 12.4. The fraction of sp³-hybridized carbons (Fsp3) is 0.481. The fourth-order valence-corrected chi connectivity index (χ4v) is 4.85. The lowest BCUT2D eigenvalue weighted by Gasteiger charge is -2.30. The molecule has 0 aliphatic rings. The molecule has 2 amide bonds. The van der Waals surface area contributed by atoms with E-state index in [-0.39, 0.29) is 49.5 Å². The van der Waals surface area contributed by atoms with Crippen molar-refractivity contribution in [1.82, 2.24) is 10.2 Å². The lowest BCUT2D eigenvalue weighted by Crippen LogP contribution is -2.49. The number of hydrogen-bond acceptors (Lipinski definition) is 4. The van der Waals surface area contributed by atoms with E-state index in [1.165, 1.54) is 11.0 Å². The Balaban J connectivity index is 2.22. The van der Waals surface area contributed by atoms with Crippen molar-refractivity contribution >= 4 is 27.5 Å². The van der Waals surface area contributed by atoms with Crippen LogP contribution in [0.1, 0.15) is 56.7 Å². The second-order valence-corrected chi connectivity index (χ2v) is 11.4. The number of benzene rings is 2. The number of halogens is 3. The van der Waals surface area contributed by atoms with Crippen molar-refractivity contribution in [2.45, 2.75) is 71.8 Å². The van der Waals surface area contributed by atoms with Crippen LogP contribution in [0.15, 0.2) is 48.5 Å². The van der Waals surface area contributed by atoms with Crippen LogP contribution in [0.4, 0.5) is 18.9 Å². The van der Waals surface area contributed by atoms with E-state index in [9.17, 15) is 31.2 Å². The van der Waals surface area contributed by atoms with Gasteiger partial charge in [-0.25, -0.2) is 8.42 Å².